The number of carbonyl (C=O) groups excluding carboxylic acids is 1. The third-order valence-corrected chi connectivity index (χ3v) is 4.93. The molecule has 20 heavy (non-hydrogen) atoms. The summed E-state index contributed by atoms with van der Waals surface area (Å²) in [5.41, 5.74) is 0.343. The number of ether oxygens (including phenoxy) is 1. The second-order valence-corrected chi connectivity index (χ2v) is 7.54. The number of primary sulfonamides is 1. The quantitative estimate of drug-likeness (QED) is 0.816. The Bertz CT molecular complexity index is 552. The fraction of sp³-hybridized carbons (Fsp3) is 0.583. The minimum Gasteiger partial charge on any atom is -0.383 e. The molecule has 0 saturated carbocycles. The van der Waals surface area contributed by atoms with Gasteiger partial charge in [-0.3, -0.25) is 4.79 Å². The number of rotatable bonds is 7. The van der Waals surface area contributed by atoms with E-state index in [2.05, 4.69) is 0 Å². The van der Waals surface area contributed by atoms with Crippen molar-refractivity contribution in [2.24, 2.45) is 11.1 Å². The SMILES string of the molecule is COCCN(CC(C)C)C(=O)c1csc(S(N)(=O)=O)c1. The smallest absolute Gasteiger partial charge is 0.254 e. The van der Waals surface area contributed by atoms with Crippen molar-refractivity contribution in [3.8, 4) is 0 Å². The molecule has 0 aliphatic carbocycles. The van der Waals surface area contributed by atoms with Gasteiger partial charge in [0.1, 0.15) is 4.21 Å². The summed E-state index contributed by atoms with van der Waals surface area (Å²) in [5, 5.41) is 6.56. The predicted octanol–water partition coefficient (Wildman–Crippen LogP) is 1.14. The molecule has 0 atom stereocenters. The van der Waals surface area contributed by atoms with E-state index in [4.69, 9.17) is 9.88 Å². The van der Waals surface area contributed by atoms with Crippen LogP contribution in [-0.4, -0.2) is 46.0 Å². The Morgan fingerprint density at radius 2 is 2.15 bits per heavy atom. The molecule has 114 valence electrons. The van der Waals surface area contributed by atoms with Crippen LogP contribution in [0.2, 0.25) is 0 Å². The molecule has 0 fully saturated rings. The molecular weight excluding hydrogens is 300 g/mol. The van der Waals surface area contributed by atoms with Crippen LogP contribution >= 0.6 is 11.3 Å². The Morgan fingerprint density at radius 1 is 1.50 bits per heavy atom. The van der Waals surface area contributed by atoms with Crippen molar-refractivity contribution in [2.45, 2.75) is 18.1 Å². The maximum atomic E-state index is 12.4. The first-order valence-electron chi connectivity index (χ1n) is 6.15. The summed E-state index contributed by atoms with van der Waals surface area (Å²) < 4.78 is 27.5. The summed E-state index contributed by atoms with van der Waals surface area (Å²) in [6.07, 6.45) is 0. The zero-order valence-corrected chi connectivity index (χ0v) is 13.5. The molecule has 2 N–H and O–H groups in total. The van der Waals surface area contributed by atoms with Gasteiger partial charge < -0.3 is 9.64 Å². The third-order valence-electron chi connectivity index (χ3n) is 2.54. The van der Waals surface area contributed by atoms with E-state index in [1.165, 1.54) is 11.4 Å². The highest BCUT2D eigenvalue weighted by Crippen LogP contribution is 2.20. The number of nitrogens with zero attached hydrogens (tertiary/aromatic N) is 1. The van der Waals surface area contributed by atoms with Gasteiger partial charge in [0, 0.05) is 25.6 Å². The van der Waals surface area contributed by atoms with E-state index in [0.29, 0.717) is 31.2 Å². The molecule has 0 saturated heterocycles. The first-order valence-corrected chi connectivity index (χ1v) is 8.58. The molecule has 0 aromatic carbocycles. The van der Waals surface area contributed by atoms with Crippen LogP contribution in [-0.2, 0) is 14.8 Å². The molecule has 1 aromatic heterocycles. The molecule has 6 nitrogen and oxygen atoms in total. The summed E-state index contributed by atoms with van der Waals surface area (Å²) >= 11 is 0.953. The van der Waals surface area contributed by atoms with Gasteiger partial charge in [0.2, 0.25) is 10.0 Å². The Kier molecular flexibility index (Phi) is 6.12. The van der Waals surface area contributed by atoms with Gasteiger partial charge in [-0.05, 0) is 12.0 Å². The van der Waals surface area contributed by atoms with Crippen LogP contribution in [0.4, 0.5) is 0 Å². The fourth-order valence-electron chi connectivity index (χ4n) is 1.68. The highest BCUT2D eigenvalue weighted by molar-refractivity contribution is 7.91. The van der Waals surface area contributed by atoms with Crippen LogP contribution in [0.15, 0.2) is 15.7 Å². The summed E-state index contributed by atoms with van der Waals surface area (Å²) in [4.78, 5) is 14.0. The van der Waals surface area contributed by atoms with Crippen molar-refractivity contribution in [1.82, 2.24) is 4.90 Å². The maximum absolute atomic E-state index is 12.4. The predicted molar refractivity (Wildman–Crippen MR) is 78.3 cm³/mol. The van der Waals surface area contributed by atoms with E-state index in [9.17, 15) is 13.2 Å². The van der Waals surface area contributed by atoms with Crippen LogP contribution in [0, 0.1) is 5.92 Å². The molecule has 1 heterocycles. The van der Waals surface area contributed by atoms with E-state index in [-0.39, 0.29) is 10.1 Å². The lowest BCUT2D eigenvalue weighted by molar-refractivity contribution is 0.0672. The first kappa shape index (κ1) is 17.1. The molecular formula is C12H20N2O4S2. The van der Waals surface area contributed by atoms with Crippen LogP contribution in [0.5, 0.6) is 0 Å². The number of amides is 1. The monoisotopic (exact) mass is 320 g/mol. The van der Waals surface area contributed by atoms with Crippen LogP contribution in [0.1, 0.15) is 24.2 Å². The number of nitrogens with two attached hydrogens (primary N) is 1. The molecule has 0 spiro atoms. The number of carbonyl (C=O) groups is 1. The Balaban J connectivity index is 2.91. The topological polar surface area (TPSA) is 89.7 Å². The van der Waals surface area contributed by atoms with Gasteiger partial charge in [-0.1, -0.05) is 13.8 Å². The summed E-state index contributed by atoms with van der Waals surface area (Å²) in [7, 11) is -2.19. The zero-order chi connectivity index (χ0) is 15.3. The van der Waals surface area contributed by atoms with Crippen LogP contribution in [0.3, 0.4) is 0 Å². The zero-order valence-electron chi connectivity index (χ0n) is 11.8. The summed E-state index contributed by atoms with van der Waals surface area (Å²) in [6.45, 7) is 5.51. The molecule has 1 aromatic rings. The van der Waals surface area contributed by atoms with Gasteiger partial charge in [-0.25, -0.2) is 13.6 Å². The first-order chi connectivity index (χ1) is 9.25. The molecule has 0 aliphatic rings. The highest BCUT2D eigenvalue weighted by atomic mass is 32.2. The van der Waals surface area contributed by atoms with Crippen molar-refractivity contribution < 1.29 is 17.9 Å². The van der Waals surface area contributed by atoms with E-state index in [0.717, 1.165) is 11.3 Å². The fourth-order valence-corrected chi connectivity index (χ4v) is 3.26. The Hall–Kier alpha value is -0.960. The molecule has 0 bridgehead atoms. The number of hydrogen-bond acceptors (Lipinski definition) is 5. The van der Waals surface area contributed by atoms with Gasteiger partial charge >= 0.3 is 0 Å². The molecule has 0 aliphatic heterocycles. The van der Waals surface area contributed by atoms with Crippen LogP contribution < -0.4 is 5.14 Å². The number of hydrogen-bond donors (Lipinski definition) is 1. The number of sulfonamides is 1. The lowest BCUT2D eigenvalue weighted by atomic mass is 10.2. The largest absolute Gasteiger partial charge is 0.383 e. The van der Waals surface area contributed by atoms with E-state index < -0.39 is 10.0 Å². The summed E-state index contributed by atoms with van der Waals surface area (Å²) in [5.74, 6) is 0.106. The van der Waals surface area contributed by atoms with Gasteiger partial charge in [-0.2, -0.15) is 0 Å². The minimum atomic E-state index is -3.76. The second kappa shape index (κ2) is 7.16. The molecule has 1 rings (SSSR count). The lowest BCUT2D eigenvalue weighted by Crippen LogP contribution is -2.36. The van der Waals surface area contributed by atoms with Gasteiger partial charge in [0.15, 0.2) is 0 Å². The van der Waals surface area contributed by atoms with Gasteiger partial charge in [0.25, 0.3) is 5.91 Å². The Morgan fingerprint density at radius 3 is 2.60 bits per heavy atom. The standard InChI is InChI=1S/C12H20N2O4S2/c1-9(2)7-14(4-5-18-3)12(15)10-6-11(19-8-10)20(13,16)17/h6,8-9H,4-5,7H2,1-3H3,(H2,13,16,17). The third kappa shape index (κ3) is 4.86. The average Bonchev–Trinajstić information content (AvgIpc) is 2.82. The van der Waals surface area contributed by atoms with Crippen molar-refractivity contribution in [3.05, 3.63) is 17.0 Å². The van der Waals surface area contributed by atoms with E-state index in [1.54, 1.807) is 12.0 Å². The molecule has 0 unspecified atom stereocenters. The maximum Gasteiger partial charge on any atom is 0.254 e. The number of methoxy groups -OCH3 is 1. The van der Waals surface area contributed by atoms with Gasteiger partial charge in [0.05, 0.1) is 12.2 Å². The van der Waals surface area contributed by atoms with Crippen molar-refractivity contribution in [1.29, 1.82) is 0 Å². The molecule has 0 radical (unpaired) electrons. The van der Waals surface area contributed by atoms with E-state index in [1.807, 2.05) is 13.8 Å². The highest BCUT2D eigenvalue weighted by Gasteiger charge is 2.20. The summed E-state index contributed by atoms with van der Waals surface area (Å²) in [6, 6.07) is 1.32. The Labute approximate surface area is 123 Å². The van der Waals surface area contributed by atoms with Crippen molar-refractivity contribution >= 4 is 27.3 Å². The van der Waals surface area contributed by atoms with Crippen LogP contribution in [0.25, 0.3) is 0 Å². The molecule has 1 amide bonds. The van der Waals surface area contributed by atoms with Crippen molar-refractivity contribution in [3.63, 3.8) is 0 Å². The van der Waals surface area contributed by atoms with E-state index >= 15 is 0 Å². The second-order valence-electron chi connectivity index (χ2n) is 4.84. The average molecular weight is 320 g/mol. The molecule has 8 heteroatoms. The minimum absolute atomic E-state index is 0.00270. The normalized spacial score (nSPS) is 11.8. The lowest BCUT2D eigenvalue weighted by Gasteiger charge is -2.23. The van der Waals surface area contributed by atoms with Gasteiger partial charge in [-0.15, -0.1) is 11.3 Å². The number of thiophene rings is 1. The van der Waals surface area contributed by atoms with Crippen molar-refractivity contribution in [2.75, 3.05) is 26.8 Å².